The van der Waals surface area contributed by atoms with Crippen LogP contribution < -0.4 is 5.32 Å². The Hall–Kier alpha value is 0.110. The van der Waals surface area contributed by atoms with E-state index < -0.39 is 10.8 Å². The summed E-state index contributed by atoms with van der Waals surface area (Å²) >= 11 is 0. The van der Waals surface area contributed by atoms with Crippen molar-refractivity contribution in [2.45, 2.75) is 77.5 Å². The molecule has 5 atom stereocenters. The largest absolute Gasteiger partial charge is 0.313 e. The van der Waals surface area contributed by atoms with Gasteiger partial charge in [-0.3, -0.25) is 4.21 Å². The third-order valence-electron chi connectivity index (χ3n) is 4.59. The van der Waals surface area contributed by atoms with Crippen molar-refractivity contribution in [2.75, 3.05) is 12.3 Å². The Kier molecular flexibility index (Phi) is 8.24. The van der Waals surface area contributed by atoms with E-state index in [1.54, 1.807) is 0 Å². The zero-order valence-electron chi connectivity index (χ0n) is 13.3. The number of nitrogens with one attached hydrogen (secondary N) is 1. The third-order valence-corrected chi connectivity index (χ3v) is 6.45. The molecule has 1 aliphatic carbocycles. The maximum atomic E-state index is 12.6. The molecule has 1 saturated carbocycles. The normalized spacial score (nSPS) is 28.8. The monoisotopic (exact) mass is 287 g/mol. The number of hydrogen-bond donors (Lipinski definition) is 1. The molecule has 1 rings (SSSR count). The van der Waals surface area contributed by atoms with Crippen molar-refractivity contribution in [1.29, 1.82) is 0 Å². The van der Waals surface area contributed by atoms with Crippen LogP contribution in [0.2, 0.25) is 0 Å². The first kappa shape index (κ1) is 17.2. The average Bonchev–Trinajstić information content (AvgIpc) is 2.42. The van der Waals surface area contributed by atoms with Crippen molar-refractivity contribution in [2.24, 2.45) is 11.8 Å². The van der Waals surface area contributed by atoms with E-state index in [0.717, 1.165) is 24.6 Å². The standard InChI is InChI=1S/C16H33NOS/c1-5-10-17-16(14(4)6-2)12-19(18)15-9-7-8-13(3)11-15/h13-17H,5-12H2,1-4H3. The van der Waals surface area contributed by atoms with Crippen molar-refractivity contribution < 1.29 is 4.21 Å². The highest BCUT2D eigenvalue weighted by molar-refractivity contribution is 7.85. The molecule has 0 aromatic rings. The van der Waals surface area contributed by atoms with E-state index in [2.05, 4.69) is 33.0 Å². The molecule has 19 heavy (non-hydrogen) atoms. The zero-order valence-corrected chi connectivity index (χ0v) is 14.1. The summed E-state index contributed by atoms with van der Waals surface area (Å²) in [6.45, 7) is 10.1. The second-order valence-electron chi connectivity index (χ2n) is 6.39. The van der Waals surface area contributed by atoms with Gasteiger partial charge in [0.05, 0.1) is 0 Å². The summed E-state index contributed by atoms with van der Waals surface area (Å²) in [4.78, 5) is 0. The molecule has 114 valence electrons. The minimum atomic E-state index is -0.645. The topological polar surface area (TPSA) is 29.1 Å². The van der Waals surface area contributed by atoms with E-state index in [0.29, 0.717) is 17.2 Å². The molecule has 0 radical (unpaired) electrons. The third kappa shape index (κ3) is 5.95. The number of hydrogen-bond acceptors (Lipinski definition) is 2. The van der Waals surface area contributed by atoms with Crippen LogP contribution >= 0.6 is 0 Å². The van der Waals surface area contributed by atoms with Gasteiger partial charge in [0.15, 0.2) is 0 Å². The maximum absolute atomic E-state index is 12.6. The first-order valence-electron chi connectivity index (χ1n) is 8.19. The highest BCUT2D eigenvalue weighted by Gasteiger charge is 2.27. The molecule has 3 heteroatoms. The summed E-state index contributed by atoms with van der Waals surface area (Å²) < 4.78 is 12.6. The van der Waals surface area contributed by atoms with Crippen LogP contribution in [0.15, 0.2) is 0 Å². The quantitative estimate of drug-likeness (QED) is 0.737. The summed E-state index contributed by atoms with van der Waals surface area (Å²) in [7, 11) is -0.645. The molecule has 0 heterocycles. The molecule has 0 saturated heterocycles. The fraction of sp³-hybridized carbons (Fsp3) is 1.00. The lowest BCUT2D eigenvalue weighted by Gasteiger charge is -2.29. The van der Waals surface area contributed by atoms with Gasteiger partial charge >= 0.3 is 0 Å². The zero-order chi connectivity index (χ0) is 14.3. The molecule has 0 aromatic carbocycles. The van der Waals surface area contributed by atoms with Crippen LogP contribution in [0.3, 0.4) is 0 Å². The van der Waals surface area contributed by atoms with Crippen LogP contribution in [0.25, 0.3) is 0 Å². The van der Waals surface area contributed by atoms with Gasteiger partial charge in [0.25, 0.3) is 0 Å². The van der Waals surface area contributed by atoms with Gasteiger partial charge in [0.2, 0.25) is 0 Å². The van der Waals surface area contributed by atoms with Gasteiger partial charge in [-0.2, -0.15) is 0 Å². The molecular weight excluding hydrogens is 254 g/mol. The average molecular weight is 288 g/mol. The van der Waals surface area contributed by atoms with Crippen molar-refractivity contribution in [3.63, 3.8) is 0 Å². The van der Waals surface area contributed by atoms with Crippen molar-refractivity contribution >= 4 is 10.8 Å². The molecule has 1 fully saturated rings. The van der Waals surface area contributed by atoms with Crippen LogP contribution in [-0.4, -0.2) is 27.8 Å². The molecule has 2 nitrogen and oxygen atoms in total. The Bertz CT molecular complexity index is 269. The molecule has 0 bridgehead atoms. The van der Waals surface area contributed by atoms with Gasteiger partial charge in [-0.15, -0.1) is 0 Å². The van der Waals surface area contributed by atoms with E-state index in [9.17, 15) is 4.21 Å². The Morgan fingerprint density at radius 2 is 2.05 bits per heavy atom. The minimum absolute atomic E-state index is 0.433. The molecule has 5 unspecified atom stereocenters. The van der Waals surface area contributed by atoms with E-state index in [-0.39, 0.29) is 0 Å². The van der Waals surface area contributed by atoms with Gasteiger partial charge in [-0.1, -0.05) is 47.0 Å². The fourth-order valence-electron chi connectivity index (χ4n) is 2.97. The van der Waals surface area contributed by atoms with Crippen LogP contribution in [0.4, 0.5) is 0 Å². The minimum Gasteiger partial charge on any atom is -0.313 e. The maximum Gasteiger partial charge on any atom is 0.0394 e. The summed E-state index contributed by atoms with van der Waals surface area (Å²) in [5.41, 5.74) is 0. The van der Waals surface area contributed by atoms with Crippen LogP contribution in [0, 0.1) is 11.8 Å². The Labute approximate surface area is 122 Å². The van der Waals surface area contributed by atoms with E-state index in [1.165, 1.54) is 32.1 Å². The lowest BCUT2D eigenvalue weighted by Crippen LogP contribution is -2.42. The molecule has 1 N–H and O–H groups in total. The summed E-state index contributed by atoms with van der Waals surface area (Å²) in [5, 5.41) is 4.07. The fourth-order valence-corrected chi connectivity index (χ4v) is 5.01. The van der Waals surface area contributed by atoms with Gasteiger partial charge in [0, 0.05) is 27.8 Å². The Morgan fingerprint density at radius 1 is 1.32 bits per heavy atom. The molecule has 0 spiro atoms. The van der Waals surface area contributed by atoms with Gasteiger partial charge in [0.1, 0.15) is 0 Å². The van der Waals surface area contributed by atoms with Gasteiger partial charge in [-0.05, 0) is 37.6 Å². The van der Waals surface area contributed by atoms with E-state index in [4.69, 9.17) is 0 Å². The summed E-state index contributed by atoms with van der Waals surface area (Å²) in [5.74, 6) is 2.25. The second kappa shape index (κ2) is 9.12. The van der Waals surface area contributed by atoms with Gasteiger partial charge < -0.3 is 5.32 Å². The van der Waals surface area contributed by atoms with Crippen LogP contribution in [0.1, 0.15) is 66.2 Å². The van der Waals surface area contributed by atoms with Crippen LogP contribution in [-0.2, 0) is 10.8 Å². The second-order valence-corrected chi connectivity index (χ2v) is 8.15. The predicted octanol–water partition coefficient (Wildman–Crippen LogP) is 3.73. The summed E-state index contributed by atoms with van der Waals surface area (Å²) in [6, 6.07) is 0.433. The molecular formula is C16H33NOS. The molecule has 0 aliphatic heterocycles. The highest BCUT2D eigenvalue weighted by atomic mass is 32.2. The molecule has 0 amide bonds. The first-order chi connectivity index (χ1) is 9.08. The van der Waals surface area contributed by atoms with Crippen molar-refractivity contribution in [3.05, 3.63) is 0 Å². The molecule has 1 aliphatic rings. The SMILES string of the molecule is CCCNC(CS(=O)C1CCCC(C)C1)C(C)CC. The lowest BCUT2D eigenvalue weighted by atomic mass is 9.91. The summed E-state index contributed by atoms with van der Waals surface area (Å²) in [6.07, 6.45) is 7.27. The van der Waals surface area contributed by atoms with E-state index >= 15 is 0 Å². The smallest absolute Gasteiger partial charge is 0.0394 e. The van der Waals surface area contributed by atoms with E-state index in [1.807, 2.05) is 0 Å². The first-order valence-corrected chi connectivity index (χ1v) is 9.57. The molecule has 0 aromatic heterocycles. The highest BCUT2D eigenvalue weighted by Crippen LogP contribution is 2.27. The Balaban J connectivity index is 2.49. The predicted molar refractivity (Wildman–Crippen MR) is 86.0 cm³/mol. The van der Waals surface area contributed by atoms with Crippen LogP contribution in [0.5, 0.6) is 0 Å². The lowest BCUT2D eigenvalue weighted by molar-refractivity contribution is 0.379. The Morgan fingerprint density at radius 3 is 2.63 bits per heavy atom. The number of rotatable bonds is 8. The van der Waals surface area contributed by atoms with Crippen molar-refractivity contribution in [1.82, 2.24) is 5.32 Å². The van der Waals surface area contributed by atoms with Crippen molar-refractivity contribution in [3.8, 4) is 0 Å². The van der Waals surface area contributed by atoms with Gasteiger partial charge in [-0.25, -0.2) is 0 Å².